The number of methoxy groups -OCH3 is 2. The van der Waals surface area contributed by atoms with Crippen molar-refractivity contribution in [3.8, 4) is 33.9 Å². The fourth-order valence-corrected chi connectivity index (χ4v) is 4.99. The number of fused-ring (bicyclic) bond motifs is 1. The van der Waals surface area contributed by atoms with E-state index in [0.29, 0.717) is 23.6 Å². The van der Waals surface area contributed by atoms with E-state index < -0.39 is 0 Å². The molecule has 1 amide bonds. The molecule has 0 radical (unpaired) electrons. The molecule has 5 aromatic rings. The summed E-state index contributed by atoms with van der Waals surface area (Å²) in [6, 6.07) is 32.6. The SMILES string of the molecule is COc1ccc(OC)c(C=NNC(=O)CCn2c(-c3ccccc3)c(-c3ccccc3)c3cccc(C)c32)c1. The molecule has 6 heteroatoms. The monoisotopic (exact) mass is 517 g/mol. The third-order valence-electron chi connectivity index (χ3n) is 6.79. The van der Waals surface area contributed by atoms with Crippen molar-refractivity contribution < 1.29 is 14.3 Å². The molecule has 1 N–H and O–H groups in total. The lowest BCUT2D eigenvalue weighted by Gasteiger charge is -2.13. The molecule has 0 fully saturated rings. The maximum atomic E-state index is 12.9. The number of carbonyl (C=O) groups is 1. The molecule has 5 rings (SSSR count). The molecule has 1 aromatic heterocycles. The van der Waals surface area contributed by atoms with Gasteiger partial charge in [0.2, 0.25) is 5.91 Å². The number of para-hydroxylation sites is 1. The van der Waals surface area contributed by atoms with E-state index in [1.165, 1.54) is 10.9 Å². The Morgan fingerprint density at radius 1 is 0.872 bits per heavy atom. The van der Waals surface area contributed by atoms with Crippen LogP contribution in [0, 0.1) is 6.92 Å². The average molecular weight is 518 g/mol. The van der Waals surface area contributed by atoms with Crippen molar-refractivity contribution in [1.29, 1.82) is 0 Å². The molecule has 0 unspecified atom stereocenters. The Labute approximate surface area is 228 Å². The first kappa shape index (κ1) is 25.8. The maximum absolute atomic E-state index is 12.9. The Morgan fingerprint density at radius 2 is 1.59 bits per heavy atom. The highest BCUT2D eigenvalue weighted by atomic mass is 16.5. The van der Waals surface area contributed by atoms with Gasteiger partial charge >= 0.3 is 0 Å². The molecule has 39 heavy (non-hydrogen) atoms. The molecule has 196 valence electrons. The van der Waals surface area contributed by atoms with E-state index in [9.17, 15) is 4.79 Å². The molecule has 0 spiro atoms. The van der Waals surface area contributed by atoms with Gasteiger partial charge in [-0.1, -0.05) is 78.9 Å². The molecule has 0 aliphatic carbocycles. The molecule has 0 aliphatic rings. The van der Waals surface area contributed by atoms with Crippen molar-refractivity contribution in [2.75, 3.05) is 14.2 Å². The summed E-state index contributed by atoms with van der Waals surface area (Å²) < 4.78 is 13.0. The van der Waals surface area contributed by atoms with Gasteiger partial charge in [0.05, 0.1) is 31.6 Å². The summed E-state index contributed by atoms with van der Waals surface area (Å²) in [5.41, 5.74) is 10.2. The molecule has 0 aliphatic heterocycles. The second-order valence-corrected chi connectivity index (χ2v) is 9.23. The lowest BCUT2D eigenvalue weighted by Crippen LogP contribution is -2.19. The van der Waals surface area contributed by atoms with E-state index in [-0.39, 0.29) is 12.3 Å². The second-order valence-electron chi connectivity index (χ2n) is 9.23. The Kier molecular flexibility index (Phi) is 7.73. The van der Waals surface area contributed by atoms with Gasteiger partial charge in [-0.3, -0.25) is 4.79 Å². The van der Waals surface area contributed by atoms with Gasteiger partial charge in [0.15, 0.2) is 0 Å². The summed E-state index contributed by atoms with van der Waals surface area (Å²) in [6.07, 6.45) is 1.83. The normalized spacial score (nSPS) is 11.2. The fraction of sp³-hybridized carbons (Fsp3) is 0.152. The van der Waals surface area contributed by atoms with E-state index in [1.807, 2.05) is 30.3 Å². The van der Waals surface area contributed by atoms with Crippen LogP contribution in [0.3, 0.4) is 0 Å². The van der Waals surface area contributed by atoms with Gasteiger partial charge in [-0.2, -0.15) is 5.10 Å². The maximum Gasteiger partial charge on any atom is 0.241 e. The minimum Gasteiger partial charge on any atom is -0.497 e. The van der Waals surface area contributed by atoms with Crippen molar-refractivity contribution >= 4 is 23.0 Å². The number of nitrogens with zero attached hydrogens (tertiary/aromatic N) is 2. The van der Waals surface area contributed by atoms with Crippen LogP contribution in [0.15, 0.2) is 102 Å². The minimum absolute atomic E-state index is 0.177. The summed E-state index contributed by atoms with van der Waals surface area (Å²) in [5, 5.41) is 5.35. The topological polar surface area (TPSA) is 64.8 Å². The number of rotatable bonds is 9. The van der Waals surface area contributed by atoms with Gasteiger partial charge in [0.25, 0.3) is 0 Å². The van der Waals surface area contributed by atoms with Crippen LogP contribution < -0.4 is 14.9 Å². The predicted octanol–water partition coefficient (Wildman–Crippen LogP) is 6.84. The van der Waals surface area contributed by atoms with Crippen LogP contribution in [-0.2, 0) is 11.3 Å². The molecule has 0 saturated carbocycles. The first-order valence-corrected chi connectivity index (χ1v) is 12.9. The lowest BCUT2D eigenvalue weighted by atomic mass is 9.98. The number of amides is 1. The Bertz CT molecular complexity index is 1620. The van der Waals surface area contributed by atoms with Crippen LogP contribution >= 0.6 is 0 Å². The molecule has 4 aromatic carbocycles. The number of ether oxygens (including phenoxy) is 2. The van der Waals surface area contributed by atoms with E-state index in [2.05, 4.69) is 76.6 Å². The number of aryl methyl sites for hydroxylation is 2. The lowest BCUT2D eigenvalue weighted by molar-refractivity contribution is -0.121. The fourth-order valence-electron chi connectivity index (χ4n) is 4.99. The number of nitrogens with one attached hydrogen (secondary N) is 1. The Morgan fingerprint density at radius 3 is 2.28 bits per heavy atom. The zero-order chi connectivity index (χ0) is 27.2. The number of benzene rings is 4. The van der Waals surface area contributed by atoms with Gasteiger partial charge in [-0.05, 0) is 41.8 Å². The highest BCUT2D eigenvalue weighted by Gasteiger charge is 2.21. The quantitative estimate of drug-likeness (QED) is 0.172. The first-order valence-electron chi connectivity index (χ1n) is 12.9. The number of aromatic nitrogens is 1. The van der Waals surface area contributed by atoms with Crippen LogP contribution in [-0.4, -0.2) is 30.9 Å². The molecule has 0 atom stereocenters. The molecular weight excluding hydrogens is 486 g/mol. The van der Waals surface area contributed by atoms with E-state index in [0.717, 1.165) is 27.9 Å². The summed E-state index contributed by atoms with van der Waals surface area (Å²) in [4.78, 5) is 12.9. The smallest absolute Gasteiger partial charge is 0.241 e. The predicted molar refractivity (Wildman–Crippen MR) is 157 cm³/mol. The van der Waals surface area contributed by atoms with E-state index in [1.54, 1.807) is 32.6 Å². The van der Waals surface area contributed by atoms with E-state index >= 15 is 0 Å². The van der Waals surface area contributed by atoms with Crippen LogP contribution in [0.25, 0.3) is 33.3 Å². The van der Waals surface area contributed by atoms with Gasteiger partial charge < -0.3 is 14.0 Å². The third-order valence-corrected chi connectivity index (χ3v) is 6.79. The zero-order valence-corrected chi connectivity index (χ0v) is 22.3. The van der Waals surface area contributed by atoms with Crippen molar-refractivity contribution in [3.05, 3.63) is 108 Å². The Hall–Kier alpha value is -4.84. The van der Waals surface area contributed by atoms with Crippen molar-refractivity contribution in [2.45, 2.75) is 19.9 Å². The van der Waals surface area contributed by atoms with Gasteiger partial charge in [-0.15, -0.1) is 0 Å². The summed E-state index contributed by atoms with van der Waals surface area (Å²) in [7, 11) is 3.19. The highest BCUT2D eigenvalue weighted by molar-refractivity contribution is 6.05. The van der Waals surface area contributed by atoms with Crippen LogP contribution in [0.1, 0.15) is 17.5 Å². The first-order chi connectivity index (χ1) is 19.1. The summed E-state index contributed by atoms with van der Waals surface area (Å²) in [6.45, 7) is 2.62. The van der Waals surface area contributed by atoms with E-state index in [4.69, 9.17) is 9.47 Å². The van der Waals surface area contributed by atoms with Gasteiger partial charge in [-0.25, -0.2) is 5.43 Å². The standard InChI is InChI=1S/C33H31N3O3/c1-23-11-10-16-28-31(24-12-6-4-7-13-24)33(25-14-8-5-9-15-25)36(32(23)28)20-19-30(37)35-34-22-26-21-27(38-2)17-18-29(26)39-3/h4-18,21-22H,19-20H2,1-3H3,(H,35,37). The minimum atomic E-state index is -0.177. The summed E-state index contributed by atoms with van der Waals surface area (Å²) >= 11 is 0. The molecule has 6 nitrogen and oxygen atoms in total. The molecular formula is C33H31N3O3. The largest absolute Gasteiger partial charge is 0.497 e. The summed E-state index contributed by atoms with van der Waals surface area (Å²) in [5.74, 6) is 1.15. The third kappa shape index (κ3) is 5.41. The molecule has 0 saturated heterocycles. The molecule has 1 heterocycles. The van der Waals surface area contributed by atoms with Crippen molar-refractivity contribution in [1.82, 2.24) is 9.99 Å². The number of carbonyl (C=O) groups excluding carboxylic acids is 1. The van der Waals surface area contributed by atoms with Gasteiger partial charge in [0, 0.05) is 29.5 Å². The zero-order valence-electron chi connectivity index (χ0n) is 22.3. The van der Waals surface area contributed by atoms with Gasteiger partial charge in [0.1, 0.15) is 11.5 Å². The molecule has 0 bridgehead atoms. The van der Waals surface area contributed by atoms with Crippen molar-refractivity contribution in [2.24, 2.45) is 5.10 Å². The Balaban J connectivity index is 1.47. The second kappa shape index (κ2) is 11.7. The average Bonchev–Trinajstić information content (AvgIpc) is 3.32. The number of hydrogen-bond donors (Lipinski definition) is 1. The van der Waals surface area contributed by atoms with Crippen molar-refractivity contribution in [3.63, 3.8) is 0 Å². The highest BCUT2D eigenvalue weighted by Crippen LogP contribution is 2.42. The van der Waals surface area contributed by atoms with Crippen LogP contribution in [0.5, 0.6) is 11.5 Å². The number of hydrogen-bond acceptors (Lipinski definition) is 4. The van der Waals surface area contributed by atoms with Crippen LogP contribution in [0.4, 0.5) is 0 Å². The number of hydrazone groups is 1. The van der Waals surface area contributed by atoms with Crippen LogP contribution in [0.2, 0.25) is 0 Å².